The Hall–Kier alpha value is -2.83. The first kappa shape index (κ1) is 24.8. The Morgan fingerprint density at radius 2 is 1.52 bits per heavy atom. The van der Waals surface area contributed by atoms with Crippen LogP contribution in [0.25, 0.3) is 0 Å². The summed E-state index contributed by atoms with van der Waals surface area (Å²) >= 11 is 6.29. The number of nitrogens with zero attached hydrogens (tertiary/aromatic N) is 1. The monoisotopic (exact) mass is 484 g/mol. The van der Waals surface area contributed by atoms with Gasteiger partial charge in [0.1, 0.15) is 6.54 Å². The minimum absolute atomic E-state index is 0.114. The molecule has 0 spiro atoms. The first-order chi connectivity index (χ1) is 15.6. The third-order valence-electron chi connectivity index (χ3n) is 5.56. The highest BCUT2D eigenvalue weighted by atomic mass is 35.5. The van der Waals surface area contributed by atoms with Crippen LogP contribution in [0.1, 0.15) is 41.6 Å². The molecule has 3 rings (SSSR count). The van der Waals surface area contributed by atoms with Gasteiger partial charge in [-0.05, 0) is 62.6 Å². The van der Waals surface area contributed by atoms with Crippen LogP contribution in [0.15, 0.2) is 71.6 Å². The highest BCUT2D eigenvalue weighted by Gasteiger charge is 2.28. The summed E-state index contributed by atoms with van der Waals surface area (Å²) in [4.78, 5) is 13.2. The predicted octanol–water partition coefficient (Wildman–Crippen LogP) is 5.73. The quantitative estimate of drug-likeness (QED) is 0.444. The van der Waals surface area contributed by atoms with E-state index in [0.717, 1.165) is 26.6 Å². The van der Waals surface area contributed by atoms with Crippen LogP contribution in [-0.2, 0) is 14.8 Å². The van der Waals surface area contributed by atoms with Crippen LogP contribution < -0.4 is 9.62 Å². The summed E-state index contributed by atoms with van der Waals surface area (Å²) in [7, 11) is -3.99. The molecule has 0 aliphatic carbocycles. The number of nitrogens with one attached hydrogen (secondary N) is 1. The van der Waals surface area contributed by atoms with Gasteiger partial charge in [-0.2, -0.15) is 0 Å². The average molecular weight is 485 g/mol. The van der Waals surface area contributed by atoms with Crippen LogP contribution in [0.5, 0.6) is 0 Å². The zero-order chi connectivity index (χ0) is 24.2. The Labute approximate surface area is 201 Å². The van der Waals surface area contributed by atoms with E-state index in [2.05, 4.69) is 5.32 Å². The number of aryl methyl sites for hydroxylation is 3. The molecule has 0 fully saturated rings. The molecule has 0 aliphatic heterocycles. The van der Waals surface area contributed by atoms with Gasteiger partial charge in [0.25, 0.3) is 10.0 Å². The van der Waals surface area contributed by atoms with Gasteiger partial charge in [0, 0.05) is 5.02 Å². The molecule has 1 atom stereocenters. The van der Waals surface area contributed by atoms with Crippen LogP contribution in [-0.4, -0.2) is 20.9 Å². The highest BCUT2D eigenvalue weighted by molar-refractivity contribution is 7.92. The van der Waals surface area contributed by atoms with E-state index < -0.39 is 15.9 Å². The van der Waals surface area contributed by atoms with Crippen LogP contribution in [0.3, 0.4) is 0 Å². The van der Waals surface area contributed by atoms with E-state index in [1.807, 2.05) is 52.0 Å². The van der Waals surface area contributed by atoms with Crippen molar-refractivity contribution in [3.8, 4) is 0 Å². The molecule has 3 aromatic carbocycles. The Morgan fingerprint density at radius 1 is 0.939 bits per heavy atom. The number of halogens is 1. The van der Waals surface area contributed by atoms with Crippen LogP contribution in [0, 0.1) is 20.8 Å². The zero-order valence-corrected chi connectivity index (χ0v) is 20.9. The number of hydrogen-bond donors (Lipinski definition) is 1. The fourth-order valence-electron chi connectivity index (χ4n) is 3.48. The second-order valence-electron chi connectivity index (χ2n) is 8.20. The molecule has 1 amide bonds. The second kappa shape index (κ2) is 10.4. The molecule has 33 heavy (non-hydrogen) atoms. The zero-order valence-electron chi connectivity index (χ0n) is 19.3. The van der Waals surface area contributed by atoms with Crippen molar-refractivity contribution >= 4 is 33.2 Å². The SMILES string of the molecule is CC[C@@H](NC(=O)CN(c1ccc(C)c(Cl)c1)S(=O)(=O)c1ccc(C)cc1)c1ccc(C)cc1. The largest absolute Gasteiger partial charge is 0.348 e. The molecule has 1 N–H and O–H groups in total. The molecule has 174 valence electrons. The number of hydrogen-bond acceptors (Lipinski definition) is 3. The Kier molecular flexibility index (Phi) is 7.82. The lowest BCUT2D eigenvalue weighted by molar-refractivity contribution is -0.120. The average Bonchev–Trinajstić information content (AvgIpc) is 2.78. The van der Waals surface area contributed by atoms with Gasteiger partial charge in [-0.25, -0.2) is 8.42 Å². The van der Waals surface area contributed by atoms with Crippen molar-refractivity contribution in [3.63, 3.8) is 0 Å². The smallest absolute Gasteiger partial charge is 0.264 e. The van der Waals surface area contributed by atoms with Crippen molar-refractivity contribution in [2.45, 2.75) is 45.1 Å². The molecule has 0 aromatic heterocycles. The summed E-state index contributed by atoms with van der Waals surface area (Å²) in [5.41, 5.74) is 4.21. The molecule has 0 saturated carbocycles. The maximum atomic E-state index is 13.5. The fraction of sp³-hybridized carbons (Fsp3) is 0.269. The number of anilines is 1. The van der Waals surface area contributed by atoms with Crippen molar-refractivity contribution in [1.82, 2.24) is 5.32 Å². The lowest BCUT2D eigenvalue weighted by Crippen LogP contribution is -2.42. The molecular weight excluding hydrogens is 456 g/mol. The lowest BCUT2D eigenvalue weighted by Gasteiger charge is -2.26. The van der Waals surface area contributed by atoms with E-state index >= 15 is 0 Å². The third kappa shape index (κ3) is 5.95. The number of benzene rings is 3. The summed E-state index contributed by atoms with van der Waals surface area (Å²) in [6.45, 7) is 7.34. The third-order valence-corrected chi connectivity index (χ3v) is 7.76. The number of rotatable bonds is 8. The maximum absolute atomic E-state index is 13.5. The van der Waals surface area contributed by atoms with E-state index in [1.54, 1.807) is 42.5 Å². The number of carbonyl (C=O) groups is 1. The Bertz CT molecular complexity index is 1220. The summed E-state index contributed by atoms with van der Waals surface area (Å²) in [5.74, 6) is -0.394. The second-order valence-corrected chi connectivity index (χ2v) is 10.5. The van der Waals surface area contributed by atoms with Gasteiger partial charge in [-0.1, -0.05) is 72.1 Å². The topological polar surface area (TPSA) is 66.5 Å². The van der Waals surface area contributed by atoms with Crippen molar-refractivity contribution in [3.05, 3.63) is 94.0 Å². The van der Waals surface area contributed by atoms with E-state index in [1.165, 1.54) is 0 Å². The summed E-state index contributed by atoms with van der Waals surface area (Å²) < 4.78 is 28.2. The first-order valence-corrected chi connectivity index (χ1v) is 12.6. The van der Waals surface area contributed by atoms with Gasteiger partial charge in [-0.3, -0.25) is 9.10 Å². The first-order valence-electron chi connectivity index (χ1n) is 10.8. The molecule has 0 heterocycles. The lowest BCUT2D eigenvalue weighted by atomic mass is 10.0. The van der Waals surface area contributed by atoms with Crippen molar-refractivity contribution in [1.29, 1.82) is 0 Å². The van der Waals surface area contributed by atoms with E-state index in [9.17, 15) is 13.2 Å². The van der Waals surface area contributed by atoms with E-state index in [-0.39, 0.29) is 17.5 Å². The van der Waals surface area contributed by atoms with E-state index in [4.69, 9.17) is 11.6 Å². The van der Waals surface area contributed by atoms with Gasteiger partial charge < -0.3 is 5.32 Å². The summed E-state index contributed by atoms with van der Waals surface area (Å²) in [5, 5.41) is 3.42. The molecule has 0 radical (unpaired) electrons. The Morgan fingerprint density at radius 3 is 2.06 bits per heavy atom. The minimum atomic E-state index is -3.99. The van der Waals surface area contributed by atoms with Crippen molar-refractivity contribution in [2.75, 3.05) is 10.8 Å². The summed E-state index contributed by atoms with van der Waals surface area (Å²) in [6.07, 6.45) is 0.676. The maximum Gasteiger partial charge on any atom is 0.264 e. The van der Waals surface area contributed by atoms with Crippen molar-refractivity contribution < 1.29 is 13.2 Å². The van der Waals surface area contributed by atoms with Gasteiger partial charge in [0.15, 0.2) is 0 Å². The molecule has 7 heteroatoms. The fourth-order valence-corrected chi connectivity index (χ4v) is 5.07. The molecule has 5 nitrogen and oxygen atoms in total. The highest BCUT2D eigenvalue weighted by Crippen LogP contribution is 2.28. The van der Waals surface area contributed by atoms with Crippen LogP contribution in [0.2, 0.25) is 5.02 Å². The van der Waals surface area contributed by atoms with Crippen LogP contribution in [0.4, 0.5) is 5.69 Å². The van der Waals surface area contributed by atoms with Crippen molar-refractivity contribution in [2.24, 2.45) is 0 Å². The molecule has 3 aromatic rings. The number of carbonyl (C=O) groups excluding carboxylic acids is 1. The predicted molar refractivity (Wildman–Crippen MR) is 134 cm³/mol. The molecule has 0 saturated heterocycles. The number of amides is 1. The molecule has 0 unspecified atom stereocenters. The van der Waals surface area contributed by atoms with Gasteiger partial charge >= 0.3 is 0 Å². The summed E-state index contributed by atoms with van der Waals surface area (Å²) in [6, 6.07) is 19.3. The van der Waals surface area contributed by atoms with Gasteiger partial charge in [-0.15, -0.1) is 0 Å². The van der Waals surface area contributed by atoms with E-state index in [0.29, 0.717) is 17.1 Å². The Balaban J connectivity index is 1.93. The minimum Gasteiger partial charge on any atom is -0.348 e. The van der Waals surface area contributed by atoms with Gasteiger partial charge in [0.05, 0.1) is 16.6 Å². The normalized spacial score (nSPS) is 12.3. The number of sulfonamides is 1. The standard InChI is InChI=1S/C26H29ClN2O3S/c1-5-25(21-11-6-18(2)7-12-21)28-26(30)17-29(22-13-10-20(4)24(27)16-22)33(31,32)23-14-8-19(3)9-15-23/h6-16,25H,5,17H2,1-4H3,(H,28,30)/t25-/m1/s1. The molecule has 0 bridgehead atoms. The van der Waals surface area contributed by atoms with Crippen LogP contribution >= 0.6 is 11.6 Å². The molecular formula is C26H29ClN2O3S. The molecule has 0 aliphatic rings. The van der Waals surface area contributed by atoms with Gasteiger partial charge in [0.2, 0.25) is 5.91 Å².